The van der Waals surface area contributed by atoms with Crippen molar-refractivity contribution in [3.05, 3.63) is 0 Å². The number of unbranched alkanes of at least 4 members (excludes halogenated alkanes) is 7. The van der Waals surface area contributed by atoms with E-state index in [4.69, 9.17) is 5.73 Å². The van der Waals surface area contributed by atoms with Crippen molar-refractivity contribution in [2.45, 2.75) is 70.8 Å². The summed E-state index contributed by atoms with van der Waals surface area (Å²) in [5, 5.41) is 3.19. The number of hydrogen-bond donors (Lipinski definition) is 2. The van der Waals surface area contributed by atoms with Crippen molar-refractivity contribution in [2.75, 3.05) is 13.6 Å². The van der Waals surface area contributed by atoms with Crippen LogP contribution in [0.25, 0.3) is 0 Å². The van der Waals surface area contributed by atoms with Gasteiger partial charge in [-0.2, -0.15) is 0 Å². The second-order valence-corrected chi connectivity index (χ2v) is 4.70. The monoisotopic (exact) mass is 214 g/mol. The summed E-state index contributed by atoms with van der Waals surface area (Å²) in [6, 6.07) is 0.395. The summed E-state index contributed by atoms with van der Waals surface area (Å²) in [6.07, 6.45) is 12.3. The number of rotatable bonds is 11. The maximum absolute atomic E-state index is 5.70. The second-order valence-electron chi connectivity index (χ2n) is 4.70. The largest absolute Gasteiger partial charge is 0.328 e. The van der Waals surface area contributed by atoms with Gasteiger partial charge in [-0.05, 0) is 33.4 Å². The fraction of sp³-hybridized carbons (Fsp3) is 1.00. The zero-order chi connectivity index (χ0) is 11.4. The maximum Gasteiger partial charge on any atom is 0.00104 e. The average molecular weight is 214 g/mol. The first-order chi connectivity index (χ1) is 7.27. The van der Waals surface area contributed by atoms with E-state index < -0.39 is 0 Å². The Kier molecular flexibility index (Phi) is 11.9. The molecule has 0 aromatic heterocycles. The molecule has 0 heterocycles. The van der Waals surface area contributed by atoms with E-state index in [-0.39, 0.29) is 0 Å². The van der Waals surface area contributed by atoms with Crippen LogP contribution in [0.1, 0.15) is 64.7 Å². The summed E-state index contributed by atoms with van der Waals surface area (Å²) in [5.74, 6) is 0. The van der Waals surface area contributed by atoms with Crippen molar-refractivity contribution in [1.29, 1.82) is 0 Å². The lowest BCUT2D eigenvalue weighted by Crippen LogP contribution is -2.13. The molecule has 0 saturated heterocycles. The standard InChI is InChI=1S/C13H30N2/c1-13(14)11-9-7-5-3-4-6-8-10-12-15-2/h13,15H,3-12,14H2,1-2H3. The molecule has 0 aliphatic heterocycles. The fourth-order valence-electron chi connectivity index (χ4n) is 1.83. The molecule has 0 aromatic rings. The minimum Gasteiger partial charge on any atom is -0.328 e. The summed E-state index contributed by atoms with van der Waals surface area (Å²) in [7, 11) is 2.03. The van der Waals surface area contributed by atoms with Crippen LogP contribution >= 0.6 is 0 Å². The quantitative estimate of drug-likeness (QED) is 0.519. The molecule has 2 heteroatoms. The van der Waals surface area contributed by atoms with E-state index in [1.165, 1.54) is 64.3 Å². The third-order valence-electron chi connectivity index (χ3n) is 2.84. The SMILES string of the molecule is CNCCCCCCCCCCC(C)N. The van der Waals surface area contributed by atoms with E-state index in [1.807, 2.05) is 7.05 Å². The first kappa shape index (κ1) is 14.9. The summed E-state index contributed by atoms with van der Waals surface area (Å²) >= 11 is 0. The minimum absolute atomic E-state index is 0.395. The molecule has 0 aliphatic carbocycles. The Morgan fingerprint density at radius 2 is 1.33 bits per heavy atom. The molecule has 1 atom stereocenters. The predicted octanol–water partition coefficient (Wildman–Crippen LogP) is 3.06. The van der Waals surface area contributed by atoms with Crippen LogP contribution in [0, 0.1) is 0 Å². The Morgan fingerprint density at radius 3 is 1.80 bits per heavy atom. The highest BCUT2D eigenvalue weighted by Gasteiger charge is 1.94. The predicted molar refractivity (Wildman–Crippen MR) is 69.1 cm³/mol. The first-order valence-electron chi connectivity index (χ1n) is 6.67. The molecule has 0 aromatic carbocycles. The highest BCUT2D eigenvalue weighted by molar-refractivity contribution is 4.53. The normalized spacial score (nSPS) is 13.0. The van der Waals surface area contributed by atoms with Crippen molar-refractivity contribution in [3.8, 4) is 0 Å². The molecule has 1 unspecified atom stereocenters. The van der Waals surface area contributed by atoms with E-state index in [0.29, 0.717) is 6.04 Å². The van der Waals surface area contributed by atoms with Crippen LogP contribution in [0.15, 0.2) is 0 Å². The molecule has 0 rings (SSSR count). The Bertz CT molecular complexity index is 113. The summed E-state index contributed by atoms with van der Waals surface area (Å²) in [6.45, 7) is 3.27. The van der Waals surface area contributed by atoms with Gasteiger partial charge in [0.25, 0.3) is 0 Å². The molecule has 3 N–H and O–H groups in total. The summed E-state index contributed by atoms with van der Waals surface area (Å²) in [4.78, 5) is 0. The highest BCUT2D eigenvalue weighted by atomic mass is 14.8. The van der Waals surface area contributed by atoms with Gasteiger partial charge in [-0.25, -0.2) is 0 Å². The molecular formula is C13H30N2. The van der Waals surface area contributed by atoms with E-state index in [9.17, 15) is 0 Å². The first-order valence-corrected chi connectivity index (χ1v) is 6.67. The second kappa shape index (κ2) is 12.0. The van der Waals surface area contributed by atoms with Gasteiger partial charge in [0, 0.05) is 6.04 Å². The number of nitrogens with one attached hydrogen (secondary N) is 1. The third kappa shape index (κ3) is 13.9. The lowest BCUT2D eigenvalue weighted by Gasteiger charge is -2.04. The van der Waals surface area contributed by atoms with Gasteiger partial charge in [0.2, 0.25) is 0 Å². The van der Waals surface area contributed by atoms with Crippen LogP contribution in [0.3, 0.4) is 0 Å². The van der Waals surface area contributed by atoms with Crippen molar-refractivity contribution in [2.24, 2.45) is 5.73 Å². The van der Waals surface area contributed by atoms with Gasteiger partial charge in [-0.1, -0.05) is 44.9 Å². The van der Waals surface area contributed by atoms with Crippen LogP contribution < -0.4 is 11.1 Å². The topological polar surface area (TPSA) is 38.0 Å². The lowest BCUT2D eigenvalue weighted by atomic mass is 10.1. The van der Waals surface area contributed by atoms with Crippen LogP contribution in [-0.2, 0) is 0 Å². The summed E-state index contributed by atoms with van der Waals surface area (Å²) in [5.41, 5.74) is 5.70. The van der Waals surface area contributed by atoms with Crippen molar-refractivity contribution in [1.82, 2.24) is 5.32 Å². The van der Waals surface area contributed by atoms with Crippen molar-refractivity contribution < 1.29 is 0 Å². The zero-order valence-electron chi connectivity index (χ0n) is 10.7. The Labute approximate surface area is 96.0 Å². The molecule has 0 aliphatic rings. The van der Waals surface area contributed by atoms with E-state index in [0.717, 1.165) is 0 Å². The zero-order valence-corrected chi connectivity index (χ0v) is 10.7. The lowest BCUT2D eigenvalue weighted by molar-refractivity contribution is 0.535. The molecule has 0 fully saturated rings. The van der Waals surface area contributed by atoms with Crippen molar-refractivity contribution in [3.63, 3.8) is 0 Å². The molecule has 0 radical (unpaired) electrons. The highest BCUT2D eigenvalue weighted by Crippen LogP contribution is 2.09. The smallest absolute Gasteiger partial charge is 0.00104 e. The Morgan fingerprint density at radius 1 is 0.867 bits per heavy atom. The van der Waals surface area contributed by atoms with Crippen LogP contribution in [0.4, 0.5) is 0 Å². The van der Waals surface area contributed by atoms with Crippen LogP contribution in [0.5, 0.6) is 0 Å². The molecule has 0 spiro atoms. The molecule has 15 heavy (non-hydrogen) atoms. The summed E-state index contributed by atoms with van der Waals surface area (Å²) < 4.78 is 0. The van der Waals surface area contributed by atoms with Crippen LogP contribution in [-0.4, -0.2) is 19.6 Å². The van der Waals surface area contributed by atoms with Gasteiger partial charge < -0.3 is 11.1 Å². The molecule has 2 nitrogen and oxygen atoms in total. The number of nitrogens with two attached hydrogens (primary N) is 1. The fourth-order valence-corrected chi connectivity index (χ4v) is 1.83. The van der Waals surface area contributed by atoms with Gasteiger partial charge in [-0.15, -0.1) is 0 Å². The van der Waals surface area contributed by atoms with Gasteiger partial charge in [0.05, 0.1) is 0 Å². The Hall–Kier alpha value is -0.0800. The van der Waals surface area contributed by atoms with Gasteiger partial charge in [0.1, 0.15) is 0 Å². The van der Waals surface area contributed by atoms with Crippen LogP contribution in [0.2, 0.25) is 0 Å². The molecule has 92 valence electrons. The third-order valence-corrected chi connectivity index (χ3v) is 2.84. The number of hydrogen-bond acceptors (Lipinski definition) is 2. The Balaban J connectivity index is 2.87. The van der Waals surface area contributed by atoms with E-state index >= 15 is 0 Å². The van der Waals surface area contributed by atoms with Crippen molar-refractivity contribution >= 4 is 0 Å². The molecular weight excluding hydrogens is 184 g/mol. The molecule has 0 bridgehead atoms. The van der Waals surface area contributed by atoms with E-state index in [2.05, 4.69) is 12.2 Å². The minimum atomic E-state index is 0.395. The average Bonchev–Trinajstić information content (AvgIpc) is 2.20. The molecule has 0 amide bonds. The molecule has 0 saturated carbocycles. The van der Waals surface area contributed by atoms with Gasteiger partial charge in [-0.3, -0.25) is 0 Å². The maximum atomic E-state index is 5.70. The van der Waals surface area contributed by atoms with Gasteiger partial charge >= 0.3 is 0 Å². The van der Waals surface area contributed by atoms with E-state index in [1.54, 1.807) is 0 Å². The van der Waals surface area contributed by atoms with Gasteiger partial charge in [0.15, 0.2) is 0 Å².